The normalized spacial score (nSPS) is 23.9. The fraction of sp³-hybridized carbons (Fsp3) is 0.571. The lowest BCUT2D eigenvalue weighted by atomic mass is 10.1. The second-order valence-electron chi connectivity index (χ2n) is 5.70. The molecular weight excluding hydrogens is 350 g/mol. The van der Waals surface area contributed by atoms with Crippen LogP contribution in [0.5, 0.6) is 0 Å². The van der Waals surface area contributed by atoms with Crippen molar-refractivity contribution in [2.24, 2.45) is 4.99 Å². The molecule has 1 fully saturated rings. The van der Waals surface area contributed by atoms with Gasteiger partial charge in [0.15, 0.2) is 5.82 Å². The van der Waals surface area contributed by atoms with Crippen LogP contribution in [-0.2, 0) is 22.7 Å². The molecule has 0 aliphatic carbocycles. The zero-order chi connectivity index (χ0) is 15.9. The molecule has 3 heterocycles. The summed E-state index contributed by atoms with van der Waals surface area (Å²) < 4.78 is 1.86. The second kappa shape index (κ2) is 5.83. The maximum atomic E-state index is 12.1. The van der Waals surface area contributed by atoms with Gasteiger partial charge in [-0.25, -0.2) is 4.99 Å². The van der Waals surface area contributed by atoms with E-state index in [2.05, 4.69) is 26.0 Å². The Bertz CT molecular complexity index is 654. The molecule has 0 bridgehead atoms. The minimum Gasteiger partial charge on any atom is -0.340 e. The van der Waals surface area contributed by atoms with Crippen LogP contribution in [0.2, 0.25) is 0 Å². The first kappa shape index (κ1) is 15.2. The number of aliphatic imine (C=N–C) groups is 1. The van der Waals surface area contributed by atoms with E-state index in [1.807, 2.05) is 10.7 Å². The van der Waals surface area contributed by atoms with Crippen molar-refractivity contribution in [1.82, 2.24) is 19.6 Å². The lowest BCUT2D eigenvalue weighted by Gasteiger charge is -2.27. The van der Waals surface area contributed by atoms with Gasteiger partial charge in [0.25, 0.3) is 5.91 Å². The summed E-state index contributed by atoms with van der Waals surface area (Å²) in [7, 11) is 1.77. The second-order valence-corrected chi connectivity index (χ2v) is 7.00. The van der Waals surface area contributed by atoms with Crippen molar-refractivity contribution in [3.05, 3.63) is 11.8 Å². The summed E-state index contributed by atoms with van der Waals surface area (Å²) in [6.45, 7) is 4.12. The number of piperidine rings is 1. The Morgan fingerprint density at radius 2 is 2.23 bits per heavy atom. The maximum Gasteiger partial charge on any atom is 0.268 e. The Kier molecular flexibility index (Phi) is 4.03. The molecule has 3 rings (SSSR count). The van der Waals surface area contributed by atoms with E-state index in [1.54, 1.807) is 23.8 Å². The van der Waals surface area contributed by atoms with Gasteiger partial charge >= 0.3 is 0 Å². The fourth-order valence-electron chi connectivity index (χ4n) is 2.77. The lowest BCUT2D eigenvalue weighted by molar-refractivity contribution is -0.130. The van der Waals surface area contributed by atoms with Crippen molar-refractivity contribution in [3.8, 4) is 0 Å². The SMILES string of the molecule is CC(=O)N1CCn2nc(N=C3CC(Br)CN(C)C3=O)cc2C1. The molecule has 0 radical (unpaired) electrons. The lowest BCUT2D eigenvalue weighted by Crippen LogP contribution is -2.43. The molecule has 0 spiro atoms. The maximum absolute atomic E-state index is 12.1. The van der Waals surface area contributed by atoms with Gasteiger partial charge in [0, 0.05) is 44.4 Å². The predicted molar refractivity (Wildman–Crippen MR) is 85.4 cm³/mol. The van der Waals surface area contributed by atoms with E-state index >= 15 is 0 Å². The highest BCUT2D eigenvalue weighted by atomic mass is 79.9. The molecule has 118 valence electrons. The molecule has 1 unspecified atom stereocenters. The zero-order valence-electron chi connectivity index (χ0n) is 12.6. The molecule has 2 aliphatic heterocycles. The number of hydrogen-bond donors (Lipinski definition) is 0. The van der Waals surface area contributed by atoms with Gasteiger partial charge < -0.3 is 9.80 Å². The van der Waals surface area contributed by atoms with E-state index < -0.39 is 0 Å². The number of halogens is 1. The number of likely N-dealkylation sites (tertiary alicyclic amines) is 1. The van der Waals surface area contributed by atoms with Crippen LogP contribution in [-0.4, -0.2) is 62.1 Å². The van der Waals surface area contributed by atoms with Crippen molar-refractivity contribution in [3.63, 3.8) is 0 Å². The Morgan fingerprint density at radius 1 is 1.45 bits per heavy atom. The summed E-state index contributed by atoms with van der Waals surface area (Å²) in [6.07, 6.45) is 0.602. The van der Waals surface area contributed by atoms with E-state index in [4.69, 9.17) is 0 Å². The number of aromatic nitrogens is 2. The van der Waals surface area contributed by atoms with Gasteiger partial charge in [0.05, 0.1) is 18.8 Å². The molecule has 22 heavy (non-hydrogen) atoms. The van der Waals surface area contributed by atoms with Crippen molar-refractivity contribution in [2.45, 2.75) is 31.3 Å². The molecule has 8 heteroatoms. The van der Waals surface area contributed by atoms with Crippen LogP contribution in [0.3, 0.4) is 0 Å². The van der Waals surface area contributed by atoms with Crippen molar-refractivity contribution in [2.75, 3.05) is 20.1 Å². The fourth-order valence-corrected chi connectivity index (χ4v) is 3.51. The van der Waals surface area contributed by atoms with Crippen LogP contribution in [0.15, 0.2) is 11.1 Å². The van der Waals surface area contributed by atoms with E-state index in [1.165, 1.54) is 0 Å². The van der Waals surface area contributed by atoms with Crippen LogP contribution in [0.25, 0.3) is 0 Å². The van der Waals surface area contributed by atoms with E-state index in [9.17, 15) is 9.59 Å². The third kappa shape index (κ3) is 2.92. The predicted octanol–water partition coefficient (Wildman–Crippen LogP) is 0.943. The molecule has 0 saturated carbocycles. The zero-order valence-corrected chi connectivity index (χ0v) is 14.2. The molecule has 1 saturated heterocycles. The average molecular weight is 368 g/mol. The quantitative estimate of drug-likeness (QED) is 0.693. The highest BCUT2D eigenvalue weighted by Crippen LogP contribution is 2.22. The Balaban J connectivity index is 1.83. The van der Waals surface area contributed by atoms with Crippen LogP contribution in [0.1, 0.15) is 19.0 Å². The molecule has 0 aromatic carbocycles. The number of carbonyl (C=O) groups excluding carboxylic acids is 2. The van der Waals surface area contributed by atoms with Crippen molar-refractivity contribution in [1.29, 1.82) is 0 Å². The molecule has 7 nitrogen and oxygen atoms in total. The van der Waals surface area contributed by atoms with Crippen LogP contribution >= 0.6 is 15.9 Å². The van der Waals surface area contributed by atoms with E-state index in [0.29, 0.717) is 44.1 Å². The van der Waals surface area contributed by atoms with Gasteiger partial charge in [-0.1, -0.05) is 15.9 Å². The summed E-state index contributed by atoms with van der Waals surface area (Å²) in [4.78, 5) is 31.7. The average Bonchev–Trinajstić information content (AvgIpc) is 2.85. The number of hydrogen-bond acceptors (Lipinski definition) is 4. The number of rotatable bonds is 1. The summed E-state index contributed by atoms with van der Waals surface area (Å²) in [5.74, 6) is 0.553. The number of amides is 2. The molecule has 2 amide bonds. The van der Waals surface area contributed by atoms with Gasteiger partial charge in [-0.05, 0) is 0 Å². The number of nitrogens with zero attached hydrogens (tertiary/aromatic N) is 5. The third-order valence-electron chi connectivity index (χ3n) is 3.96. The Labute approximate surface area is 137 Å². The van der Waals surface area contributed by atoms with Crippen molar-refractivity contribution >= 4 is 39.3 Å². The van der Waals surface area contributed by atoms with Crippen LogP contribution < -0.4 is 0 Å². The molecule has 1 atom stereocenters. The molecule has 1 aromatic rings. The number of alkyl halides is 1. The highest BCUT2D eigenvalue weighted by molar-refractivity contribution is 9.09. The van der Waals surface area contributed by atoms with Gasteiger partial charge in [-0.2, -0.15) is 5.10 Å². The third-order valence-corrected chi connectivity index (χ3v) is 4.57. The first-order chi connectivity index (χ1) is 10.4. The number of carbonyl (C=O) groups is 2. The standard InChI is InChI=1S/C14H18BrN5O2/c1-9(21)19-3-4-20-11(8-19)6-13(17-20)16-12-5-10(15)7-18(2)14(12)22/h6,10H,3-5,7-8H2,1-2H3. The number of fused-ring (bicyclic) bond motifs is 1. The van der Waals surface area contributed by atoms with E-state index in [-0.39, 0.29) is 16.6 Å². The summed E-state index contributed by atoms with van der Waals surface area (Å²) >= 11 is 3.55. The minimum atomic E-state index is -0.0490. The van der Waals surface area contributed by atoms with Gasteiger partial charge in [-0.15, -0.1) is 0 Å². The molecule has 1 aromatic heterocycles. The minimum absolute atomic E-state index is 0.0490. The van der Waals surface area contributed by atoms with Crippen LogP contribution in [0.4, 0.5) is 5.82 Å². The van der Waals surface area contributed by atoms with Crippen molar-refractivity contribution < 1.29 is 9.59 Å². The van der Waals surface area contributed by atoms with E-state index in [0.717, 1.165) is 5.69 Å². The topological polar surface area (TPSA) is 70.8 Å². The van der Waals surface area contributed by atoms with Gasteiger partial charge in [-0.3, -0.25) is 14.3 Å². The Morgan fingerprint density at radius 3 is 2.95 bits per heavy atom. The summed E-state index contributed by atoms with van der Waals surface area (Å²) in [5.41, 5.74) is 1.47. The Hall–Kier alpha value is -1.70. The highest BCUT2D eigenvalue weighted by Gasteiger charge is 2.28. The first-order valence-electron chi connectivity index (χ1n) is 7.23. The van der Waals surface area contributed by atoms with Crippen LogP contribution in [0, 0.1) is 0 Å². The van der Waals surface area contributed by atoms with Gasteiger partial charge in [0.2, 0.25) is 5.91 Å². The first-order valence-corrected chi connectivity index (χ1v) is 8.15. The summed E-state index contributed by atoms with van der Waals surface area (Å²) in [6, 6.07) is 1.85. The van der Waals surface area contributed by atoms with Gasteiger partial charge in [0.1, 0.15) is 5.71 Å². The largest absolute Gasteiger partial charge is 0.340 e. The molecule has 2 aliphatic rings. The monoisotopic (exact) mass is 367 g/mol. The molecular formula is C14H18BrN5O2. The molecule has 0 N–H and O–H groups in total. The summed E-state index contributed by atoms with van der Waals surface area (Å²) in [5, 5.41) is 4.43. The smallest absolute Gasteiger partial charge is 0.268 e.